The van der Waals surface area contributed by atoms with Gasteiger partial charge in [0.05, 0.1) is 6.04 Å². The summed E-state index contributed by atoms with van der Waals surface area (Å²) < 4.78 is 5.38. The second-order valence-corrected chi connectivity index (χ2v) is 8.56. The van der Waals surface area contributed by atoms with Crippen molar-refractivity contribution in [1.82, 2.24) is 30.7 Å². The van der Waals surface area contributed by atoms with Crippen LogP contribution in [-0.2, 0) is 4.74 Å². The molecule has 0 aliphatic carbocycles. The number of carbonyl (C=O) groups excluding carboxylic acids is 1. The summed E-state index contributed by atoms with van der Waals surface area (Å²) in [5, 5.41) is 13.3. The number of rotatable bonds is 5. The van der Waals surface area contributed by atoms with Crippen LogP contribution >= 0.6 is 24.0 Å². The summed E-state index contributed by atoms with van der Waals surface area (Å²) in [6.45, 7) is 12.1. The molecule has 0 aromatic carbocycles. The van der Waals surface area contributed by atoms with Gasteiger partial charge < -0.3 is 20.3 Å². The molecule has 0 bridgehead atoms. The molecule has 1 aromatic heterocycles. The van der Waals surface area contributed by atoms with Crippen LogP contribution in [0.3, 0.4) is 0 Å². The third kappa shape index (κ3) is 8.35. The van der Waals surface area contributed by atoms with Gasteiger partial charge in [-0.3, -0.25) is 10.1 Å². The summed E-state index contributed by atoms with van der Waals surface area (Å²) in [5.41, 5.74) is -0.511. The van der Waals surface area contributed by atoms with Gasteiger partial charge in [0.15, 0.2) is 5.96 Å². The van der Waals surface area contributed by atoms with Gasteiger partial charge in [-0.2, -0.15) is 5.10 Å². The molecule has 0 spiro atoms. The number of ether oxygens (including phenoxy) is 1. The van der Waals surface area contributed by atoms with Gasteiger partial charge in [0.1, 0.15) is 17.8 Å². The molecule has 1 saturated heterocycles. The standard InChI is InChI=1S/C19H35N7O2.HI/c1-13(2)15(24-18(27)28-19(3,4)5)11-21-17(20-6)26-9-7-14(8-10-26)16-22-12-23-25-16;/h12-15H,7-11H2,1-6H3,(H,20,21)(H,24,27)(H,22,23,25);1H. The van der Waals surface area contributed by atoms with Crippen molar-refractivity contribution in [3.05, 3.63) is 12.2 Å². The highest BCUT2D eigenvalue weighted by atomic mass is 127. The number of aromatic nitrogens is 3. The van der Waals surface area contributed by atoms with E-state index in [0.717, 1.165) is 37.7 Å². The van der Waals surface area contributed by atoms with Crippen molar-refractivity contribution in [2.24, 2.45) is 10.9 Å². The van der Waals surface area contributed by atoms with Crippen molar-refractivity contribution >= 4 is 36.0 Å². The first-order chi connectivity index (χ1) is 13.2. The number of amides is 1. The maximum Gasteiger partial charge on any atom is 0.407 e. The zero-order valence-corrected chi connectivity index (χ0v) is 20.7. The molecule has 166 valence electrons. The molecular formula is C19H36IN7O2. The van der Waals surface area contributed by atoms with Crippen LogP contribution in [0.2, 0.25) is 0 Å². The topological polar surface area (TPSA) is 108 Å². The number of nitrogens with one attached hydrogen (secondary N) is 3. The van der Waals surface area contributed by atoms with Crippen molar-refractivity contribution in [2.45, 2.75) is 65.0 Å². The first-order valence-corrected chi connectivity index (χ1v) is 10.00. The second-order valence-electron chi connectivity index (χ2n) is 8.56. The van der Waals surface area contributed by atoms with Gasteiger partial charge in [-0.15, -0.1) is 24.0 Å². The molecule has 1 aliphatic heterocycles. The van der Waals surface area contributed by atoms with E-state index < -0.39 is 11.7 Å². The van der Waals surface area contributed by atoms with Crippen LogP contribution in [-0.4, -0.2) is 70.5 Å². The Bertz CT molecular complexity index is 635. The van der Waals surface area contributed by atoms with E-state index in [0.29, 0.717) is 12.5 Å². The summed E-state index contributed by atoms with van der Waals surface area (Å²) in [5.74, 6) is 2.49. The first-order valence-electron chi connectivity index (χ1n) is 10.00. The zero-order chi connectivity index (χ0) is 20.7. The van der Waals surface area contributed by atoms with Crippen molar-refractivity contribution < 1.29 is 9.53 Å². The summed E-state index contributed by atoms with van der Waals surface area (Å²) in [7, 11) is 1.79. The number of carbonyl (C=O) groups is 1. The molecule has 3 N–H and O–H groups in total. The lowest BCUT2D eigenvalue weighted by molar-refractivity contribution is 0.0491. The maximum atomic E-state index is 12.1. The Balaban J connectivity index is 0.00000420. The van der Waals surface area contributed by atoms with Crippen LogP contribution in [0.15, 0.2) is 11.3 Å². The largest absolute Gasteiger partial charge is 0.444 e. The highest BCUT2D eigenvalue weighted by Crippen LogP contribution is 2.24. The Morgan fingerprint density at radius 1 is 1.38 bits per heavy atom. The highest BCUT2D eigenvalue weighted by Gasteiger charge is 2.26. The fourth-order valence-electron chi connectivity index (χ4n) is 3.22. The average molecular weight is 521 g/mol. The van der Waals surface area contributed by atoms with Crippen molar-refractivity contribution in [1.29, 1.82) is 0 Å². The minimum absolute atomic E-state index is 0. The normalized spacial score (nSPS) is 16.9. The van der Waals surface area contributed by atoms with E-state index in [4.69, 9.17) is 4.74 Å². The van der Waals surface area contributed by atoms with Gasteiger partial charge in [-0.25, -0.2) is 9.78 Å². The number of halogens is 1. The Morgan fingerprint density at radius 2 is 2.03 bits per heavy atom. The number of guanidine groups is 1. The van der Waals surface area contributed by atoms with Crippen LogP contribution in [0.1, 0.15) is 59.2 Å². The average Bonchev–Trinajstić information content (AvgIpc) is 3.14. The number of alkyl carbamates (subject to hydrolysis) is 1. The van der Waals surface area contributed by atoms with Gasteiger partial charge >= 0.3 is 6.09 Å². The Labute approximate surface area is 190 Å². The summed E-state index contributed by atoms with van der Waals surface area (Å²) in [6.07, 6.45) is 3.17. The summed E-state index contributed by atoms with van der Waals surface area (Å²) >= 11 is 0. The van der Waals surface area contributed by atoms with Crippen molar-refractivity contribution in [3.63, 3.8) is 0 Å². The molecule has 1 unspecified atom stereocenters. The molecule has 1 fully saturated rings. The van der Waals surface area contributed by atoms with E-state index in [2.05, 4.69) is 49.6 Å². The van der Waals surface area contributed by atoms with Gasteiger partial charge in [0.25, 0.3) is 0 Å². The molecular weight excluding hydrogens is 485 g/mol. The third-order valence-corrected chi connectivity index (χ3v) is 4.81. The molecule has 1 aromatic rings. The SMILES string of the molecule is CN=C(NCC(NC(=O)OC(C)(C)C)C(C)C)N1CCC(c2ncn[nH]2)CC1.I. The predicted molar refractivity (Wildman–Crippen MR) is 125 cm³/mol. The molecule has 2 heterocycles. The van der Waals surface area contributed by atoms with E-state index in [1.54, 1.807) is 13.4 Å². The van der Waals surface area contributed by atoms with E-state index in [1.807, 2.05) is 20.8 Å². The Hall–Kier alpha value is -1.59. The third-order valence-electron chi connectivity index (χ3n) is 4.81. The number of aromatic amines is 1. The first kappa shape index (κ1) is 25.4. The summed E-state index contributed by atoms with van der Waals surface area (Å²) in [6, 6.07) is -0.0571. The minimum atomic E-state index is -0.511. The van der Waals surface area contributed by atoms with Crippen LogP contribution in [0.5, 0.6) is 0 Å². The van der Waals surface area contributed by atoms with Crippen molar-refractivity contribution in [3.8, 4) is 0 Å². The number of H-pyrrole nitrogens is 1. The predicted octanol–water partition coefficient (Wildman–Crippen LogP) is 2.73. The maximum absolute atomic E-state index is 12.1. The molecule has 9 nitrogen and oxygen atoms in total. The highest BCUT2D eigenvalue weighted by molar-refractivity contribution is 14.0. The van der Waals surface area contributed by atoms with Gasteiger partial charge in [0, 0.05) is 32.6 Å². The summed E-state index contributed by atoms with van der Waals surface area (Å²) in [4.78, 5) is 23.1. The van der Waals surface area contributed by atoms with Crippen LogP contribution in [0, 0.1) is 5.92 Å². The molecule has 0 saturated carbocycles. The molecule has 1 amide bonds. The fraction of sp³-hybridized carbons (Fsp3) is 0.789. The lowest BCUT2D eigenvalue weighted by atomic mass is 9.96. The molecule has 1 aliphatic rings. The molecule has 10 heteroatoms. The monoisotopic (exact) mass is 521 g/mol. The second kappa shape index (κ2) is 11.6. The van der Waals surface area contributed by atoms with Crippen LogP contribution < -0.4 is 10.6 Å². The van der Waals surface area contributed by atoms with E-state index in [-0.39, 0.29) is 35.9 Å². The zero-order valence-electron chi connectivity index (χ0n) is 18.4. The number of nitrogens with zero attached hydrogens (tertiary/aromatic N) is 4. The lowest BCUT2D eigenvalue weighted by Crippen LogP contribution is -2.52. The number of piperidine rings is 1. The van der Waals surface area contributed by atoms with E-state index in [1.165, 1.54) is 0 Å². The molecule has 29 heavy (non-hydrogen) atoms. The van der Waals surface area contributed by atoms with E-state index >= 15 is 0 Å². The van der Waals surface area contributed by atoms with Crippen molar-refractivity contribution in [2.75, 3.05) is 26.7 Å². The van der Waals surface area contributed by atoms with Gasteiger partial charge in [-0.05, 0) is 39.5 Å². The molecule has 1 atom stereocenters. The molecule has 2 rings (SSSR count). The smallest absolute Gasteiger partial charge is 0.407 e. The number of aliphatic imine (C=N–C) groups is 1. The number of likely N-dealkylation sites (tertiary alicyclic amines) is 1. The van der Waals surface area contributed by atoms with Crippen LogP contribution in [0.25, 0.3) is 0 Å². The quantitative estimate of drug-likeness (QED) is 0.313. The minimum Gasteiger partial charge on any atom is -0.444 e. The fourth-order valence-corrected chi connectivity index (χ4v) is 3.22. The Morgan fingerprint density at radius 3 is 2.52 bits per heavy atom. The lowest BCUT2D eigenvalue weighted by Gasteiger charge is -2.34. The number of hydrogen-bond donors (Lipinski definition) is 3. The van der Waals surface area contributed by atoms with E-state index in [9.17, 15) is 4.79 Å². The number of hydrogen-bond acceptors (Lipinski definition) is 5. The Kier molecular flexibility index (Phi) is 10.1. The molecule has 0 radical (unpaired) electrons. The van der Waals surface area contributed by atoms with Gasteiger partial charge in [-0.1, -0.05) is 13.8 Å². The van der Waals surface area contributed by atoms with Gasteiger partial charge in [0.2, 0.25) is 0 Å². The van der Waals surface area contributed by atoms with Crippen LogP contribution in [0.4, 0.5) is 4.79 Å².